The molecule has 1 aromatic carbocycles. The molecular formula is C22H21BF3NO5S. The monoisotopic (exact) mass is 479 g/mol. The number of cyclic esters (lactones) is 1. The van der Waals surface area contributed by atoms with Crippen LogP contribution in [-0.2, 0) is 17.1 Å². The van der Waals surface area contributed by atoms with Crippen molar-refractivity contribution in [2.75, 3.05) is 13.2 Å². The van der Waals surface area contributed by atoms with Gasteiger partial charge in [-0.1, -0.05) is 41.9 Å². The van der Waals surface area contributed by atoms with E-state index in [9.17, 15) is 27.9 Å². The second-order valence-corrected chi connectivity index (χ2v) is 8.68. The van der Waals surface area contributed by atoms with Gasteiger partial charge in [-0.25, -0.2) is 14.0 Å². The van der Waals surface area contributed by atoms with Crippen molar-refractivity contribution in [3.05, 3.63) is 63.6 Å². The van der Waals surface area contributed by atoms with Crippen molar-refractivity contribution in [2.45, 2.75) is 37.3 Å². The largest absolute Gasteiger partial charge is 0.477 e. The molecule has 2 N–H and O–H groups in total. The molecule has 1 aliphatic heterocycles. The summed E-state index contributed by atoms with van der Waals surface area (Å²) in [5.41, 5.74) is -0.283. The third-order valence-corrected chi connectivity index (χ3v) is 6.34. The predicted octanol–water partition coefficient (Wildman–Crippen LogP) is 3.23. The van der Waals surface area contributed by atoms with Crippen LogP contribution in [0.25, 0.3) is 0 Å². The number of halogens is 3. The molecule has 1 aromatic heterocycles. The number of benzene rings is 1. The van der Waals surface area contributed by atoms with Crippen molar-refractivity contribution in [3.8, 4) is 0 Å². The van der Waals surface area contributed by atoms with E-state index in [-0.39, 0.29) is 23.5 Å². The summed E-state index contributed by atoms with van der Waals surface area (Å²) in [5, 5.41) is 19.0. The summed E-state index contributed by atoms with van der Waals surface area (Å²) in [6.07, 6.45) is 0.576. The van der Waals surface area contributed by atoms with Crippen LogP contribution in [0.3, 0.4) is 0 Å². The molecule has 33 heavy (non-hydrogen) atoms. The number of carbonyl (C=O) groups excluding carboxylic acids is 1. The highest BCUT2D eigenvalue weighted by Crippen LogP contribution is 2.32. The van der Waals surface area contributed by atoms with Crippen LogP contribution in [0.4, 0.5) is 18.0 Å². The maximum absolute atomic E-state index is 14.6. The Morgan fingerprint density at radius 3 is 2.82 bits per heavy atom. The Hall–Kier alpha value is -2.79. The number of alkyl halides is 2. The first-order valence-corrected chi connectivity index (χ1v) is 11.0. The molecule has 1 fully saturated rings. The molecular weight excluding hydrogens is 458 g/mol. The molecule has 2 aromatic rings. The van der Waals surface area contributed by atoms with E-state index in [2.05, 4.69) is 0 Å². The molecule has 174 valence electrons. The summed E-state index contributed by atoms with van der Waals surface area (Å²) < 4.78 is 47.9. The normalized spacial score (nSPS) is 17.9. The van der Waals surface area contributed by atoms with E-state index in [1.807, 2.05) is 0 Å². The van der Waals surface area contributed by atoms with Gasteiger partial charge in [-0.15, -0.1) is 11.3 Å². The molecule has 6 nitrogen and oxygen atoms in total. The number of rotatable bonds is 9. The predicted molar refractivity (Wildman–Crippen MR) is 117 cm³/mol. The van der Waals surface area contributed by atoms with Gasteiger partial charge in [-0.3, -0.25) is 0 Å². The van der Waals surface area contributed by atoms with Crippen LogP contribution in [-0.4, -0.2) is 60.3 Å². The molecule has 1 saturated heterocycles. The van der Waals surface area contributed by atoms with Gasteiger partial charge in [0.1, 0.15) is 24.6 Å². The summed E-state index contributed by atoms with van der Waals surface area (Å²) >= 11 is 0.823. The molecule has 0 aliphatic carbocycles. The highest BCUT2D eigenvalue weighted by molar-refractivity contribution is 7.13. The Morgan fingerprint density at radius 1 is 1.39 bits per heavy atom. The van der Waals surface area contributed by atoms with Gasteiger partial charge in [0.2, 0.25) is 0 Å². The number of aliphatic hydroxyl groups is 1. The number of ether oxygens (including phenoxy) is 1. The van der Waals surface area contributed by atoms with Crippen molar-refractivity contribution >= 4 is 36.7 Å². The molecule has 1 aliphatic rings. The fourth-order valence-corrected chi connectivity index (χ4v) is 4.39. The summed E-state index contributed by atoms with van der Waals surface area (Å²) in [6.45, 7) is 0.279. The Kier molecular flexibility index (Phi) is 7.86. The van der Waals surface area contributed by atoms with Crippen LogP contribution in [0.1, 0.15) is 33.0 Å². The number of aliphatic hydroxyl groups excluding tert-OH is 1. The minimum Gasteiger partial charge on any atom is -0.477 e. The number of hydrogen-bond donors (Lipinski definition) is 2. The zero-order valence-corrected chi connectivity index (χ0v) is 18.2. The fraction of sp³-hybridized carbons (Fsp3) is 0.364. The lowest BCUT2D eigenvalue weighted by Gasteiger charge is -2.33. The van der Waals surface area contributed by atoms with E-state index in [1.165, 1.54) is 29.2 Å². The SMILES string of the molecule is [B]c1cccc(C(F)(F)[C@H](O)/C=C/[C@H]2CCOC(=O)N2CCCc2cc(F)c(C(=O)O)s2)c1. The maximum atomic E-state index is 14.6. The average molecular weight is 479 g/mol. The Balaban J connectivity index is 1.64. The fourth-order valence-electron chi connectivity index (χ4n) is 3.48. The molecule has 3 rings (SSSR count). The number of carboxylic acid groups (broad SMARTS) is 1. The molecule has 2 atom stereocenters. The van der Waals surface area contributed by atoms with Gasteiger partial charge in [-0.2, -0.15) is 8.78 Å². The van der Waals surface area contributed by atoms with Crippen LogP contribution >= 0.6 is 11.3 Å². The third kappa shape index (κ3) is 5.97. The standard InChI is InChI=1S/C22H21BF3NO5S/c23-14-4-1-3-13(11-14)22(25,26)18(28)7-6-15-8-10-32-21(31)27(15)9-2-5-16-12-17(24)19(33-16)20(29)30/h1,3-4,6-7,11-12,15,18,28H,2,5,8-10H2,(H,29,30)/b7-6+/t15-,18+/m0/s1. The van der Waals surface area contributed by atoms with Crippen molar-refractivity contribution in [3.63, 3.8) is 0 Å². The number of amides is 1. The van der Waals surface area contributed by atoms with Gasteiger partial charge in [0.25, 0.3) is 0 Å². The first kappa shape index (κ1) is 24.8. The quantitative estimate of drug-likeness (QED) is 0.426. The lowest BCUT2D eigenvalue weighted by molar-refractivity contribution is -0.0929. The van der Waals surface area contributed by atoms with Gasteiger partial charge in [0, 0.05) is 23.4 Å². The smallest absolute Gasteiger partial charge is 0.410 e. The zero-order valence-electron chi connectivity index (χ0n) is 17.4. The van der Waals surface area contributed by atoms with Crippen LogP contribution in [0.2, 0.25) is 0 Å². The number of aryl methyl sites for hydroxylation is 1. The number of aromatic carboxylic acids is 1. The summed E-state index contributed by atoms with van der Waals surface area (Å²) in [7, 11) is 5.55. The molecule has 0 spiro atoms. The Morgan fingerprint density at radius 2 is 2.15 bits per heavy atom. The minimum atomic E-state index is -3.59. The molecule has 2 radical (unpaired) electrons. The number of nitrogens with zero attached hydrogens (tertiary/aromatic N) is 1. The summed E-state index contributed by atoms with van der Waals surface area (Å²) in [4.78, 5) is 24.6. The molecule has 2 heterocycles. The first-order chi connectivity index (χ1) is 15.6. The van der Waals surface area contributed by atoms with Crippen LogP contribution in [0, 0.1) is 5.82 Å². The van der Waals surface area contributed by atoms with Crippen LogP contribution in [0.5, 0.6) is 0 Å². The number of hydrogen-bond acceptors (Lipinski definition) is 5. The van der Waals surface area contributed by atoms with E-state index in [4.69, 9.17) is 17.7 Å². The maximum Gasteiger partial charge on any atom is 0.410 e. The Bertz CT molecular complexity index is 1040. The van der Waals surface area contributed by atoms with E-state index in [0.717, 1.165) is 29.5 Å². The van der Waals surface area contributed by atoms with Gasteiger partial charge < -0.3 is 19.8 Å². The second-order valence-electron chi connectivity index (χ2n) is 7.54. The van der Waals surface area contributed by atoms with E-state index in [0.29, 0.717) is 24.1 Å². The molecule has 0 saturated carbocycles. The van der Waals surface area contributed by atoms with Gasteiger partial charge in [0.15, 0.2) is 0 Å². The number of carbonyl (C=O) groups is 2. The molecule has 0 unspecified atom stereocenters. The van der Waals surface area contributed by atoms with Crippen molar-refractivity contribution in [1.82, 2.24) is 4.90 Å². The second kappa shape index (κ2) is 10.4. The van der Waals surface area contributed by atoms with Gasteiger partial charge >= 0.3 is 18.0 Å². The highest BCUT2D eigenvalue weighted by atomic mass is 32.1. The van der Waals surface area contributed by atoms with Crippen LogP contribution in [0.15, 0.2) is 42.5 Å². The lowest BCUT2D eigenvalue weighted by atomic mass is 9.91. The van der Waals surface area contributed by atoms with Crippen molar-refractivity contribution in [1.29, 1.82) is 0 Å². The third-order valence-electron chi connectivity index (χ3n) is 5.19. The van der Waals surface area contributed by atoms with E-state index >= 15 is 0 Å². The van der Waals surface area contributed by atoms with E-state index < -0.39 is 41.5 Å². The summed E-state index contributed by atoms with van der Waals surface area (Å²) in [5.74, 6) is -5.74. The summed E-state index contributed by atoms with van der Waals surface area (Å²) in [6, 6.07) is 5.65. The topological polar surface area (TPSA) is 87.1 Å². The number of carboxylic acids is 1. The van der Waals surface area contributed by atoms with E-state index in [1.54, 1.807) is 0 Å². The highest BCUT2D eigenvalue weighted by Gasteiger charge is 2.39. The first-order valence-electron chi connectivity index (χ1n) is 10.1. The van der Waals surface area contributed by atoms with Crippen molar-refractivity contribution in [2.24, 2.45) is 0 Å². The average Bonchev–Trinajstić information content (AvgIpc) is 3.14. The zero-order chi connectivity index (χ0) is 24.2. The Labute approximate surface area is 193 Å². The van der Waals surface area contributed by atoms with Gasteiger partial charge in [0.05, 0.1) is 12.6 Å². The molecule has 1 amide bonds. The van der Waals surface area contributed by atoms with Crippen molar-refractivity contribution < 1.29 is 37.7 Å². The molecule has 0 bridgehead atoms. The van der Waals surface area contributed by atoms with Gasteiger partial charge in [-0.05, 0) is 18.9 Å². The van der Waals surface area contributed by atoms with Crippen LogP contribution < -0.4 is 5.46 Å². The lowest BCUT2D eigenvalue weighted by Crippen LogP contribution is -2.45. The minimum absolute atomic E-state index is 0.101. The molecule has 11 heteroatoms. The number of thiophene rings is 1.